The second-order valence-electron chi connectivity index (χ2n) is 4.74. The fraction of sp³-hybridized carbons (Fsp3) is 0.462. The van der Waals surface area contributed by atoms with Crippen LogP contribution in [0.25, 0.3) is 0 Å². The maximum atomic E-state index is 12.1. The summed E-state index contributed by atoms with van der Waals surface area (Å²) < 4.78 is 0. The summed E-state index contributed by atoms with van der Waals surface area (Å²) in [5.74, 6) is 1.22. The van der Waals surface area contributed by atoms with E-state index in [9.17, 15) is 9.59 Å². The number of rotatable bonds is 3. The molecule has 1 aliphatic heterocycles. The SMILES string of the molecule is CC(=O)SCC1CC(=O)N(c2nc(C)c(Cl)cc2Cl)C1. The van der Waals surface area contributed by atoms with E-state index in [-0.39, 0.29) is 16.9 Å². The summed E-state index contributed by atoms with van der Waals surface area (Å²) in [6.45, 7) is 3.83. The highest BCUT2D eigenvalue weighted by Gasteiger charge is 2.32. The number of anilines is 1. The minimum Gasteiger partial charge on any atom is -0.295 e. The summed E-state index contributed by atoms with van der Waals surface area (Å²) in [6.07, 6.45) is 0.417. The average Bonchev–Trinajstić information content (AvgIpc) is 2.72. The number of thioether (sulfide) groups is 1. The Morgan fingerprint density at radius 1 is 1.50 bits per heavy atom. The highest BCUT2D eigenvalue weighted by atomic mass is 35.5. The van der Waals surface area contributed by atoms with Crippen LogP contribution in [-0.4, -0.2) is 28.3 Å². The van der Waals surface area contributed by atoms with Crippen molar-refractivity contribution in [3.05, 3.63) is 21.8 Å². The molecule has 0 saturated carbocycles. The standard InChI is InChI=1S/C13H14Cl2N2O2S/c1-7-10(14)4-11(15)13(16-7)17-5-9(3-12(17)19)6-20-8(2)18/h4,9H,3,5-6H2,1-2H3. The lowest BCUT2D eigenvalue weighted by Crippen LogP contribution is -2.26. The third kappa shape index (κ3) is 3.45. The van der Waals surface area contributed by atoms with E-state index in [1.54, 1.807) is 17.9 Å². The zero-order valence-corrected chi connectivity index (χ0v) is 13.5. The molecule has 1 fully saturated rings. The largest absolute Gasteiger partial charge is 0.295 e. The molecule has 0 aliphatic carbocycles. The van der Waals surface area contributed by atoms with Crippen LogP contribution in [0, 0.1) is 12.8 Å². The van der Waals surface area contributed by atoms with E-state index in [2.05, 4.69) is 4.98 Å². The summed E-state index contributed by atoms with van der Waals surface area (Å²) in [6, 6.07) is 1.60. The van der Waals surface area contributed by atoms with Crippen LogP contribution in [-0.2, 0) is 9.59 Å². The van der Waals surface area contributed by atoms with Gasteiger partial charge < -0.3 is 0 Å². The molecule has 1 amide bonds. The molecule has 1 saturated heterocycles. The summed E-state index contributed by atoms with van der Waals surface area (Å²) >= 11 is 13.3. The van der Waals surface area contributed by atoms with Crippen LogP contribution in [0.1, 0.15) is 19.0 Å². The summed E-state index contributed by atoms with van der Waals surface area (Å²) in [5.41, 5.74) is 0.639. The van der Waals surface area contributed by atoms with Crippen molar-refractivity contribution in [1.82, 2.24) is 4.98 Å². The third-order valence-electron chi connectivity index (χ3n) is 3.07. The Balaban J connectivity index is 2.16. The third-order valence-corrected chi connectivity index (χ3v) is 4.77. The number of aryl methyl sites for hydroxylation is 1. The molecular weight excluding hydrogens is 319 g/mol. The van der Waals surface area contributed by atoms with E-state index in [0.29, 0.717) is 40.3 Å². The molecular formula is C13H14Cl2N2O2S. The van der Waals surface area contributed by atoms with Crippen LogP contribution in [0.3, 0.4) is 0 Å². The topological polar surface area (TPSA) is 50.3 Å². The number of nitrogens with zero attached hydrogens (tertiary/aromatic N) is 2. The molecule has 1 aromatic rings. The number of hydrogen-bond donors (Lipinski definition) is 0. The Bertz CT molecular complexity index is 566. The number of aromatic nitrogens is 1. The van der Waals surface area contributed by atoms with Crippen LogP contribution in [0.2, 0.25) is 10.0 Å². The molecule has 1 unspecified atom stereocenters. The van der Waals surface area contributed by atoms with E-state index in [4.69, 9.17) is 23.2 Å². The van der Waals surface area contributed by atoms with Crippen LogP contribution in [0.5, 0.6) is 0 Å². The van der Waals surface area contributed by atoms with Gasteiger partial charge in [0.25, 0.3) is 0 Å². The molecule has 20 heavy (non-hydrogen) atoms. The summed E-state index contributed by atoms with van der Waals surface area (Å²) in [7, 11) is 0. The smallest absolute Gasteiger partial charge is 0.228 e. The first-order valence-corrected chi connectivity index (χ1v) is 7.89. The molecule has 1 atom stereocenters. The Labute approximate surface area is 131 Å². The molecule has 0 aromatic carbocycles. The van der Waals surface area contributed by atoms with E-state index >= 15 is 0 Å². The zero-order chi connectivity index (χ0) is 14.9. The Kier molecular flexibility index (Phi) is 4.94. The van der Waals surface area contributed by atoms with E-state index in [1.807, 2.05) is 0 Å². The molecule has 0 radical (unpaired) electrons. The van der Waals surface area contributed by atoms with Crippen LogP contribution in [0.15, 0.2) is 6.07 Å². The van der Waals surface area contributed by atoms with Crippen LogP contribution in [0.4, 0.5) is 5.82 Å². The lowest BCUT2D eigenvalue weighted by molar-refractivity contribution is -0.117. The van der Waals surface area contributed by atoms with Crippen molar-refractivity contribution >= 4 is 51.8 Å². The Hall–Kier alpha value is -0.780. The normalized spacial score (nSPS) is 18.7. The van der Waals surface area contributed by atoms with Crippen molar-refractivity contribution in [2.75, 3.05) is 17.2 Å². The Morgan fingerprint density at radius 2 is 2.20 bits per heavy atom. The monoisotopic (exact) mass is 332 g/mol. The zero-order valence-electron chi connectivity index (χ0n) is 11.2. The van der Waals surface area contributed by atoms with Gasteiger partial charge in [-0.2, -0.15) is 0 Å². The number of halogens is 2. The second-order valence-corrected chi connectivity index (χ2v) is 6.75. The van der Waals surface area contributed by atoms with E-state index in [0.717, 1.165) is 0 Å². The van der Waals surface area contributed by atoms with Crippen molar-refractivity contribution in [3.8, 4) is 0 Å². The maximum absolute atomic E-state index is 12.1. The van der Waals surface area contributed by atoms with Gasteiger partial charge in [0.05, 0.1) is 15.7 Å². The number of carbonyl (C=O) groups excluding carboxylic acids is 2. The van der Waals surface area contributed by atoms with Gasteiger partial charge in [0.2, 0.25) is 5.91 Å². The highest BCUT2D eigenvalue weighted by molar-refractivity contribution is 8.13. The predicted molar refractivity (Wildman–Crippen MR) is 82.6 cm³/mol. The molecule has 108 valence electrons. The summed E-state index contributed by atoms with van der Waals surface area (Å²) in [4.78, 5) is 28.9. The number of pyridine rings is 1. The van der Waals surface area contributed by atoms with Crippen LogP contribution >= 0.6 is 35.0 Å². The quantitative estimate of drug-likeness (QED) is 0.851. The number of carbonyl (C=O) groups is 2. The molecule has 0 bridgehead atoms. The van der Waals surface area contributed by atoms with Crippen molar-refractivity contribution in [2.24, 2.45) is 5.92 Å². The maximum Gasteiger partial charge on any atom is 0.228 e. The lowest BCUT2D eigenvalue weighted by atomic mass is 10.1. The van der Waals surface area contributed by atoms with E-state index < -0.39 is 0 Å². The van der Waals surface area contributed by atoms with Gasteiger partial charge >= 0.3 is 0 Å². The molecule has 2 heterocycles. The molecule has 2 rings (SSSR count). The van der Waals surface area contributed by atoms with Crippen molar-refractivity contribution in [2.45, 2.75) is 20.3 Å². The number of hydrogen-bond acceptors (Lipinski definition) is 4. The van der Waals surface area contributed by atoms with Gasteiger partial charge in [-0.15, -0.1) is 0 Å². The molecule has 7 heteroatoms. The first-order valence-electron chi connectivity index (χ1n) is 6.15. The van der Waals surface area contributed by atoms with Crippen molar-refractivity contribution in [1.29, 1.82) is 0 Å². The first-order chi connectivity index (χ1) is 9.38. The fourth-order valence-corrected chi connectivity index (χ4v) is 3.22. The van der Waals surface area contributed by atoms with Gasteiger partial charge in [0.15, 0.2) is 10.9 Å². The molecule has 4 nitrogen and oxygen atoms in total. The van der Waals surface area contributed by atoms with Gasteiger partial charge in [-0.1, -0.05) is 35.0 Å². The average molecular weight is 333 g/mol. The van der Waals surface area contributed by atoms with Gasteiger partial charge in [-0.05, 0) is 18.9 Å². The Morgan fingerprint density at radius 3 is 2.85 bits per heavy atom. The van der Waals surface area contributed by atoms with Crippen molar-refractivity contribution < 1.29 is 9.59 Å². The molecule has 0 N–H and O–H groups in total. The lowest BCUT2D eigenvalue weighted by Gasteiger charge is -2.18. The van der Waals surface area contributed by atoms with Crippen molar-refractivity contribution in [3.63, 3.8) is 0 Å². The first kappa shape index (κ1) is 15.6. The van der Waals surface area contributed by atoms with Gasteiger partial charge in [0.1, 0.15) is 0 Å². The minimum atomic E-state index is -0.0183. The molecule has 1 aliphatic rings. The minimum absolute atomic E-state index is 0.0183. The number of amides is 1. The van der Waals surface area contributed by atoms with E-state index in [1.165, 1.54) is 18.7 Å². The molecule has 0 spiro atoms. The molecule has 1 aromatic heterocycles. The van der Waals surface area contributed by atoms with Gasteiger partial charge in [0, 0.05) is 25.6 Å². The fourth-order valence-electron chi connectivity index (χ4n) is 2.07. The van der Waals surface area contributed by atoms with Gasteiger partial charge in [-0.25, -0.2) is 4.98 Å². The van der Waals surface area contributed by atoms with Crippen LogP contribution < -0.4 is 4.90 Å². The second kappa shape index (κ2) is 6.33. The van der Waals surface area contributed by atoms with Gasteiger partial charge in [-0.3, -0.25) is 14.5 Å². The predicted octanol–water partition coefficient (Wildman–Crippen LogP) is 3.33. The highest BCUT2D eigenvalue weighted by Crippen LogP contribution is 2.33. The summed E-state index contributed by atoms with van der Waals surface area (Å²) in [5, 5.41) is 0.914.